The molecule has 2 atom stereocenters. The van der Waals surface area contributed by atoms with Crippen LogP contribution < -0.4 is 5.32 Å². The lowest BCUT2D eigenvalue weighted by Gasteiger charge is -2.16. The van der Waals surface area contributed by atoms with E-state index in [1.807, 2.05) is 6.92 Å². The third-order valence-corrected chi connectivity index (χ3v) is 3.75. The molecule has 1 aromatic carbocycles. The second-order valence-corrected chi connectivity index (χ2v) is 5.47. The lowest BCUT2D eigenvalue weighted by atomic mass is 9.88. The summed E-state index contributed by atoms with van der Waals surface area (Å²) in [5.41, 5.74) is 0.297. The van der Waals surface area contributed by atoms with Gasteiger partial charge in [-0.2, -0.15) is 13.2 Å². The van der Waals surface area contributed by atoms with Crippen LogP contribution in [0.4, 0.5) is 18.9 Å². The largest absolute Gasteiger partial charge is 0.416 e. The number of amides is 1. The average molecular weight is 285 g/mol. The molecule has 0 saturated carbocycles. The van der Waals surface area contributed by atoms with E-state index in [-0.39, 0.29) is 5.91 Å². The first-order valence-electron chi connectivity index (χ1n) is 6.85. The zero-order chi connectivity index (χ0) is 14.9. The fraction of sp³-hybridized carbons (Fsp3) is 0.533. The standard InChI is InChI=1S/C15H18F3NO/c1-3-4-9(2)7-12-11-8-10(15(16,17)18)5-6-13(11)19-14(12)20/h5-6,8-9,12H,3-4,7H2,1-2H3,(H,19,20). The highest BCUT2D eigenvalue weighted by Gasteiger charge is 2.36. The van der Waals surface area contributed by atoms with E-state index in [1.165, 1.54) is 6.07 Å². The van der Waals surface area contributed by atoms with Crippen LogP contribution in [0.2, 0.25) is 0 Å². The van der Waals surface area contributed by atoms with Gasteiger partial charge in [-0.3, -0.25) is 4.79 Å². The molecule has 20 heavy (non-hydrogen) atoms. The number of rotatable bonds is 4. The topological polar surface area (TPSA) is 29.1 Å². The molecule has 2 rings (SSSR count). The van der Waals surface area contributed by atoms with Crippen molar-refractivity contribution >= 4 is 11.6 Å². The second kappa shape index (κ2) is 5.46. The van der Waals surface area contributed by atoms with Gasteiger partial charge in [0, 0.05) is 5.69 Å². The first-order valence-corrected chi connectivity index (χ1v) is 6.85. The Bertz CT molecular complexity index is 510. The van der Waals surface area contributed by atoms with Gasteiger partial charge >= 0.3 is 6.18 Å². The van der Waals surface area contributed by atoms with Crippen molar-refractivity contribution in [3.05, 3.63) is 29.3 Å². The van der Waals surface area contributed by atoms with Crippen LogP contribution in [0.15, 0.2) is 18.2 Å². The molecular weight excluding hydrogens is 267 g/mol. The van der Waals surface area contributed by atoms with E-state index in [9.17, 15) is 18.0 Å². The molecule has 0 aliphatic carbocycles. The van der Waals surface area contributed by atoms with Crippen molar-refractivity contribution in [1.29, 1.82) is 0 Å². The summed E-state index contributed by atoms with van der Waals surface area (Å²) in [6.45, 7) is 4.09. The van der Waals surface area contributed by atoms with Crippen molar-refractivity contribution in [2.24, 2.45) is 5.92 Å². The molecule has 1 N–H and O–H groups in total. The fourth-order valence-electron chi connectivity index (χ4n) is 2.75. The highest BCUT2D eigenvalue weighted by atomic mass is 19.4. The molecule has 1 heterocycles. The quantitative estimate of drug-likeness (QED) is 0.862. The maximum absolute atomic E-state index is 12.8. The first kappa shape index (κ1) is 14.9. The average Bonchev–Trinajstić information content (AvgIpc) is 2.64. The van der Waals surface area contributed by atoms with Gasteiger partial charge in [0.1, 0.15) is 0 Å². The van der Waals surface area contributed by atoms with Gasteiger partial charge in [0.05, 0.1) is 11.5 Å². The molecule has 2 unspecified atom stereocenters. The zero-order valence-corrected chi connectivity index (χ0v) is 11.6. The van der Waals surface area contributed by atoms with Crippen molar-refractivity contribution in [1.82, 2.24) is 0 Å². The minimum absolute atomic E-state index is 0.192. The third kappa shape index (κ3) is 2.97. The van der Waals surface area contributed by atoms with Crippen LogP contribution in [0, 0.1) is 5.92 Å². The van der Waals surface area contributed by atoms with Gasteiger partial charge in [0.25, 0.3) is 0 Å². The van der Waals surface area contributed by atoms with Crippen LogP contribution in [0.25, 0.3) is 0 Å². The Kier molecular flexibility index (Phi) is 4.06. The van der Waals surface area contributed by atoms with Crippen LogP contribution in [-0.2, 0) is 11.0 Å². The van der Waals surface area contributed by atoms with Gasteiger partial charge in [-0.25, -0.2) is 0 Å². The monoisotopic (exact) mass is 285 g/mol. The summed E-state index contributed by atoms with van der Waals surface area (Å²) in [5.74, 6) is -0.340. The number of benzene rings is 1. The molecule has 0 radical (unpaired) electrons. The van der Waals surface area contributed by atoms with Crippen molar-refractivity contribution in [2.75, 3.05) is 5.32 Å². The first-order chi connectivity index (χ1) is 9.32. The zero-order valence-electron chi connectivity index (χ0n) is 11.6. The minimum atomic E-state index is -4.37. The van der Waals surface area contributed by atoms with Crippen molar-refractivity contribution < 1.29 is 18.0 Å². The Morgan fingerprint density at radius 2 is 2.05 bits per heavy atom. The summed E-state index contributed by atoms with van der Waals surface area (Å²) < 4.78 is 38.3. The van der Waals surface area contributed by atoms with Crippen LogP contribution >= 0.6 is 0 Å². The number of alkyl halides is 3. The molecule has 0 bridgehead atoms. The van der Waals surface area contributed by atoms with E-state index in [2.05, 4.69) is 12.2 Å². The molecule has 2 nitrogen and oxygen atoms in total. The van der Waals surface area contributed by atoms with E-state index in [0.717, 1.165) is 25.0 Å². The number of hydrogen-bond acceptors (Lipinski definition) is 1. The number of hydrogen-bond donors (Lipinski definition) is 1. The van der Waals surface area contributed by atoms with Crippen LogP contribution in [0.3, 0.4) is 0 Å². The van der Waals surface area contributed by atoms with Crippen molar-refractivity contribution in [3.8, 4) is 0 Å². The highest BCUT2D eigenvalue weighted by molar-refractivity contribution is 6.02. The second-order valence-electron chi connectivity index (χ2n) is 5.47. The van der Waals surface area contributed by atoms with E-state index in [1.54, 1.807) is 0 Å². The van der Waals surface area contributed by atoms with E-state index >= 15 is 0 Å². The number of fused-ring (bicyclic) bond motifs is 1. The molecule has 1 aliphatic rings. The van der Waals surface area contributed by atoms with Crippen molar-refractivity contribution in [2.45, 2.75) is 45.2 Å². The maximum atomic E-state index is 12.8. The molecular formula is C15H18F3NO. The van der Waals surface area contributed by atoms with E-state index in [0.29, 0.717) is 23.6 Å². The van der Waals surface area contributed by atoms with Gasteiger partial charge in [-0.1, -0.05) is 26.7 Å². The SMILES string of the molecule is CCCC(C)CC1C(=O)Nc2ccc(C(F)(F)F)cc21. The molecule has 1 aromatic rings. The van der Waals surface area contributed by atoms with Gasteiger partial charge in [0.15, 0.2) is 0 Å². The summed E-state index contributed by atoms with van der Waals surface area (Å²) >= 11 is 0. The molecule has 0 fully saturated rings. The lowest BCUT2D eigenvalue weighted by molar-refractivity contribution is -0.137. The van der Waals surface area contributed by atoms with Crippen molar-refractivity contribution in [3.63, 3.8) is 0 Å². The number of carbonyl (C=O) groups is 1. The van der Waals surface area contributed by atoms with Gasteiger partial charge < -0.3 is 5.32 Å². The molecule has 0 aromatic heterocycles. The number of anilines is 1. The summed E-state index contributed by atoms with van der Waals surface area (Å²) in [7, 11) is 0. The maximum Gasteiger partial charge on any atom is 0.416 e. The van der Waals surface area contributed by atoms with Gasteiger partial charge in [-0.05, 0) is 36.1 Å². The summed E-state index contributed by atoms with van der Waals surface area (Å²) in [6.07, 6.45) is -1.81. The van der Waals surface area contributed by atoms with Crippen LogP contribution in [0.1, 0.15) is 50.2 Å². The molecule has 1 aliphatic heterocycles. The number of halogens is 3. The Morgan fingerprint density at radius 1 is 1.35 bits per heavy atom. The Morgan fingerprint density at radius 3 is 2.65 bits per heavy atom. The Hall–Kier alpha value is -1.52. The lowest BCUT2D eigenvalue weighted by Crippen LogP contribution is -2.15. The van der Waals surface area contributed by atoms with Crippen LogP contribution in [-0.4, -0.2) is 5.91 Å². The molecule has 1 amide bonds. The van der Waals surface area contributed by atoms with Crippen LogP contribution in [0.5, 0.6) is 0 Å². The summed E-state index contributed by atoms with van der Waals surface area (Å²) in [4.78, 5) is 11.9. The Labute approximate surface area is 116 Å². The molecule has 0 saturated heterocycles. The predicted molar refractivity (Wildman–Crippen MR) is 71.5 cm³/mol. The molecule has 110 valence electrons. The third-order valence-electron chi connectivity index (χ3n) is 3.75. The predicted octanol–water partition coefficient (Wildman–Crippen LogP) is 4.57. The minimum Gasteiger partial charge on any atom is -0.325 e. The summed E-state index contributed by atoms with van der Waals surface area (Å²) in [5, 5.41) is 2.67. The molecule has 5 heteroatoms. The Balaban J connectivity index is 2.28. The number of carbonyl (C=O) groups excluding carboxylic acids is 1. The van der Waals surface area contributed by atoms with Gasteiger partial charge in [-0.15, -0.1) is 0 Å². The molecule has 0 spiro atoms. The fourth-order valence-corrected chi connectivity index (χ4v) is 2.75. The van der Waals surface area contributed by atoms with E-state index in [4.69, 9.17) is 0 Å². The smallest absolute Gasteiger partial charge is 0.325 e. The highest BCUT2D eigenvalue weighted by Crippen LogP contribution is 2.40. The van der Waals surface area contributed by atoms with E-state index < -0.39 is 17.7 Å². The normalized spacial score (nSPS) is 19.6. The summed E-state index contributed by atoms with van der Waals surface area (Å²) in [6, 6.07) is 3.47. The number of nitrogens with one attached hydrogen (secondary N) is 1. The van der Waals surface area contributed by atoms with Gasteiger partial charge in [0.2, 0.25) is 5.91 Å².